The molecule has 0 bridgehead atoms. The molecule has 0 aliphatic heterocycles. The summed E-state index contributed by atoms with van der Waals surface area (Å²) in [5.41, 5.74) is -0.241. The number of hydrogen-bond donors (Lipinski definition) is 1. The summed E-state index contributed by atoms with van der Waals surface area (Å²) in [5.74, 6) is 0. The van der Waals surface area contributed by atoms with Gasteiger partial charge in [0.15, 0.2) is 0 Å². The Kier molecular flexibility index (Phi) is 7.24. The largest absolute Gasteiger partial charge is 0.385 e. The third-order valence-corrected chi connectivity index (χ3v) is 1.25. The van der Waals surface area contributed by atoms with E-state index in [1.165, 1.54) is 6.20 Å². The lowest BCUT2D eigenvalue weighted by Crippen LogP contribution is -2.02. The van der Waals surface area contributed by atoms with Crippen LogP contribution in [0.4, 0.5) is 0 Å². The first-order valence-corrected chi connectivity index (χ1v) is 4.27. The van der Waals surface area contributed by atoms with Crippen molar-refractivity contribution in [1.29, 1.82) is 0 Å². The Hall–Kier alpha value is -0.870. The molecule has 0 atom stereocenters. The number of rotatable bonds is 2. The Morgan fingerprint density at radius 1 is 1.69 bits per heavy atom. The quantitative estimate of drug-likeness (QED) is 0.794. The summed E-state index contributed by atoms with van der Waals surface area (Å²) < 4.78 is 4.69. The molecular weight excluding hydrogens is 192 g/mol. The van der Waals surface area contributed by atoms with Crippen molar-refractivity contribution in [2.24, 2.45) is 0 Å². The molecule has 0 aliphatic rings. The standard InChI is InChI=1S/C4H3ClN2O.C4H10O/c5-3-1-7-4(8)2-6-3;1-3-4-5-2/h1-2H,(H,7,8);3-4H2,1-2H3. The molecule has 13 heavy (non-hydrogen) atoms. The van der Waals surface area contributed by atoms with Gasteiger partial charge < -0.3 is 9.72 Å². The van der Waals surface area contributed by atoms with E-state index in [9.17, 15) is 4.79 Å². The molecule has 1 rings (SSSR count). The molecule has 0 aliphatic carbocycles. The van der Waals surface area contributed by atoms with E-state index in [1.807, 2.05) is 0 Å². The fourth-order valence-electron chi connectivity index (χ4n) is 0.530. The average Bonchev–Trinajstić information content (AvgIpc) is 2.13. The Balaban J connectivity index is 0.000000252. The summed E-state index contributed by atoms with van der Waals surface area (Å²) in [6.45, 7) is 2.98. The van der Waals surface area contributed by atoms with Crippen LogP contribution in [0.15, 0.2) is 17.2 Å². The van der Waals surface area contributed by atoms with Crippen LogP contribution in [0.5, 0.6) is 0 Å². The first-order valence-electron chi connectivity index (χ1n) is 3.89. The van der Waals surface area contributed by atoms with Gasteiger partial charge in [0, 0.05) is 19.9 Å². The third kappa shape index (κ3) is 7.49. The summed E-state index contributed by atoms with van der Waals surface area (Å²) in [4.78, 5) is 16.1. The Labute approximate surface area is 81.9 Å². The van der Waals surface area contributed by atoms with Gasteiger partial charge in [0.1, 0.15) is 5.15 Å². The zero-order chi connectivity index (χ0) is 10.1. The number of hydrogen-bond acceptors (Lipinski definition) is 3. The number of ether oxygens (including phenoxy) is 1. The highest BCUT2D eigenvalue weighted by molar-refractivity contribution is 6.29. The van der Waals surface area contributed by atoms with E-state index >= 15 is 0 Å². The zero-order valence-corrected chi connectivity index (χ0v) is 8.47. The molecule has 0 unspecified atom stereocenters. The fourth-order valence-corrected chi connectivity index (χ4v) is 0.633. The highest BCUT2D eigenvalue weighted by Gasteiger charge is 1.82. The lowest BCUT2D eigenvalue weighted by Gasteiger charge is -1.84. The van der Waals surface area contributed by atoms with E-state index in [0.29, 0.717) is 5.15 Å². The molecule has 1 aromatic heterocycles. The average molecular weight is 205 g/mol. The molecule has 0 spiro atoms. The molecule has 0 amide bonds. The van der Waals surface area contributed by atoms with E-state index < -0.39 is 0 Å². The molecule has 0 radical (unpaired) electrons. The first-order chi connectivity index (χ1) is 6.20. The van der Waals surface area contributed by atoms with Crippen molar-refractivity contribution in [3.63, 3.8) is 0 Å². The van der Waals surface area contributed by atoms with Gasteiger partial charge in [-0.1, -0.05) is 18.5 Å². The summed E-state index contributed by atoms with van der Waals surface area (Å²) in [7, 11) is 1.71. The molecule has 0 saturated heterocycles. The number of aromatic amines is 1. The van der Waals surface area contributed by atoms with Crippen LogP contribution in [0.3, 0.4) is 0 Å². The van der Waals surface area contributed by atoms with Crippen LogP contribution in [0.25, 0.3) is 0 Å². The van der Waals surface area contributed by atoms with Crippen LogP contribution in [-0.4, -0.2) is 23.7 Å². The number of methoxy groups -OCH3 is 1. The lowest BCUT2D eigenvalue weighted by molar-refractivity contribution is 0.199. The molecule has 1 heterocycles. The summed E-state index contributed by atoms with van der Waals surface area (Å²) in [5, 5.41) is 0.296. The maximum atomic E-state index is 10.2. The van der Waals surface area contributed by atoms with Crippen molar-refractivity contribution < 1.29 is 4.74 Å². The second kappa shape index (κ2) is 7.76. The van der Waals surface area contributed by atoms with Gasteiger partial charge in [-0.15, -0.1) is 0 Å². The predicted octanol–water partition coefficient (Wildman–Crippen LogP) is 1.47. The van der Waals surface area contributed by atoms with E-state index in [4.69, 9.17) is 16.3 Å². The predicted molar refractivity (Wildman–Crippen MR) is 52.0 cm³/mol. The number of nitrogens with one attached hydrogen (secondary N) is 1. The normalized spacial score (nSPS) is 8.85. The third-order valence-electron chi connectivity index (χ3n) is 1.05. The molecule has 5 heteroatoms. The molecule has 1 aromatic rings. The smallest absolute Gasteiger partial charge is 0.266 e. The SMILES string of the molecule is CCCOC.O=c1cnc(Cl)c[nH]1. The van der Waals surface area contributed by atoms with E-state index in [0.717, 1.165) is 19.2 Å². The number of nitrogens with zero attached hydrogens (tertiary/aromatic N) is 1. The number of halogens is 1. The summed E-state index contributed by atoms with van der Waals surface area (Å²) in [6, 6.07) is 0. The number of aromatic nitrogens is 2. The highest BCUT2D eigenvalue weighted by Crippen LogP contribution is 1.93. The van der Waals surface area contributed by atoms with Gasteiger partial charge in [0.05, 0.1) is 6.20 Å². The monoisotopic (exact) mass is 204 g/mol. The van der Waals surface area contributed by atoms with Crippen molar-refractivity contribution in [3.8, 4) is 0 Å². The number of H-pyrrole nitrogens is 1. The molecule has 0 aromatic carbocycles. The minimum Gasteiger partial charge on any atom is -0.385 e. The second-order valence-electron chi connectivity index (χ2n) is 2.23. The van der Waals surface area contributed by atoms with E-state index in [2.05, 4.69) is 16.9 Å². The van der Waals surface area contributed by atoms with Crippen LogP contribution in [0.1, 0.15) is 13.3 Å². The van der Waals surface area contributed by atoms with Gasteiger partial charge in [-0.2, -0.15) is 0 Å². The Morgan fingerprint density at radius 3 is 2.62 bits per heavy atom. The van der Waals surface area contributed by atoms with Crippen LogP contribution in [0.2, 0.25) is 5.15 Å². The van der Waals surface area contributed by atoms with Crippen molar-refractivity contribution in [3.05, 3.63) is 27.9 Å². The molecule has 4 nitrogen and oxygen atoms in total. The fraction of sp³-hybridized carbons (Fsp3) is 0.500. The minimum absolute atomic E-state index is 0.241. The van der Waals surface area contributed by atoms with E-state index in [1.54, 1.807) is 7.11 Å². The lowest BCUT2D eigenvalue weighted by atomic mass is 10.5. The highest BCUT2D eigenvalue weighted by atomic mass is 35.5. The Morgan fingerprint density at radius 2 is 2.38 bits per heavy atom. The summed E-state index contributed by atoms with van der Waals surface area (Å²) in [6.07, 6.45) is 3.59. The molecule has 74 valence electrons. The minimum atomic E-state index is -0.241. The summed E-state index contributed by atoms with van der Waals surface area (Å²) >= 11 is 5.33. The Bertz CT molecular complexity index is 253. The zero-order valence-electron chi connectivity index (χ0n) is 7.71. The van der Waals surface area contributed by atoms with E-state index in [-0.39, 0.29) is 5.56 Å². The second-order valence-corrected chi connectivity index (χ2v) is 2.61. The van der Waals surface area contributed by atoms with Crippen molar-refractivity contribution in [2.45, 2.75) is 13.3 Å². The van der Waals surface area contributed by atoms with Gasteiger partial charge in [-0.05, 0) is 6.42 Å². The molecule has 0 fully saturated rings. The maximum absolute atomic E-state index is 10.2. The molecule has 1 N–H and O–H groups in total. The maximum Gasteiger partial charge on any atom is 0.266 e. The first kappa shape index (κ1) is 12.1. The van der Waals surface area contributed by atoms with Crippen LogP contribution >= 0.6 is 11.6 Å². The van der Waals surface area contributed by atoms with Crippen LogP contribution in [0, 0.1) is 0 Å². The molecule has 0 saturated carbocycles. The van der Waals surface area contributed by atoms with Crippen LogP contribution < -0.4 is 5.56 Å². The van der Waals surface area contributed by atoms with Crippen molar-refractivity contribution >= 4 is 11.6 Å². The van der Waals surface area contributed by atoms with Gasteiger partial charge in [0.25, 0.3) is 5.56 Å². The van der Waals surface area contributed by atoms with Crippen LogP contribution in [-0.2, 0) is 4.74 Å². The van der Waals surface area contributed by atoms with Gasteiger partial charge in [-0.3, -0.25) is 4.79 Å². The topological polar surface area (TPSA) is 55.0 Å². The van der Waals surface area contributed by atoms with Gasteiger partial charge in [-0.25, -0.2) is 4.98 Å². The molecular formula is C8H13ClN2O2. The van der Waals surface area contributed by atoms with Gasteiger partial charge >= 0.3 is 0 Å². The van der Waals surface area contributed by atoms with Crippen molar-refractivity contribution in [2.75, 3.05) is 13.7 Å². The van der Waals surface area contributed by atoms with Gasteiger partial charge in [0.2, 0.25) is 0 Å². The van der Waals surface area contributed by atoms with Crippen molar-refractivity contribution in [1.82, 2.24) is 9.97 Å².